The molecule has 0 N–H and O–H groups in total. The van der Waals surface area contributed by atoms with E-state index < -0.39 is 6.10 Å². The zero-order chi connectivity index (χ0) is 44.5. The highest BCUT2D eigenvalue weighted by atomic mass is 16.6. The number of unbranched alkanes of at least 4 members (excludes halogenated alkanes) is 37. The minimum Gasteiger partial charge on any atom is -0.462 e. The normalized spacial score (nSPS) is 12.0. The molecule has 0 radical (unpaired) electrons. The maximum atomic E-state index is 12.8. The summed E-state index contributed by atoms with van der Waals surface area (Å²) in [6.07, 6.45) is 52.3. The minimum atomic E-state index is -0.761. The van der Waals surface area contributed by atoms with Crippen LogP contribution in [0.5, 0.6) is 0 Å². The van der Waals surface area contributed by atoms with Crippen LogP contribution in [-0.4, -0.2) is 37.2 Å². The van der Waals surface area contributed by atoms with Crippen LogP contribution in [0.2, 0.25) is 0 Å². The first-order valence-corrected chi connectivity index (χ1v) is 27.4. The van der Waals surface area contributed by atoms with Gasteiger partial charge in [0, 0.05) is 19.3 Å². The Balaban J connectivity index is 4.26. The fourth-order valence-electron chi connectivity index (χ4n) is 8.39. The number of carbonyl (C=O) groups excluding carboxylic acids is 3. The Hall–Kier alpha value is -1.59. The Bertz CT molecular complexity index is 918. The highest BCUT2D eigenvalue weighted by molar-refractivity contribution is 5.71. The number of ether oxygens (including phenoxy) is 3. The van der Waals surface area contributed by atoms with E-state index in [0.29, 0.717) is 19.3 Å². The van der Waals surface area contributed by atoms with Gasteiger partial charge in [0.25, 0.3) is 0 Å². The van der Waals surface area contributed by atoms with Gasteiger partial charge < -0.3 is 14.2 Å². The zero-order valence-corrected chi connectivity index (χ0v) is 41.6. The highest BCUT2D eigenvalue weighted by Crippen LogP contribution is 2.17. The van der Waals surface area contributed by atoms with Gasteiger partial charge in [0.15, 0.2) is 6.10 Å². The summed E-state index contributed by atoms with van der Waals surface area (Å²) < 4.78 is 16.8. The lowest BCUT2D eigenvalue weighted by Crippen LogP contribution is -2.30. The summed E-state index contributed by atoms with van der Waals surface area (Å²) in [7, 11) is 0. The molecule has 0 aromatic rings. The minimum absolute atomic E-state index is 0.0624. The summed E-state index contributed by atoms with van der Waals surface area (Å²) in [5.41, 5.74) is 0. The van der Waals surface area contributed by atoms with Gasteiger partial charge in [-0.3, -0.25) is 14.4 Å². The second kappa shape index (κ2) is 49.4. The van der Waals surface area contributed by atoms with Crippen LogP contribution in [0.25, 0.3) is 0 Å². The van der Waals surface area contributed by atoms with E-state index in [1.54, 1.807) is 0 Å². The third-order valence-electron chi connectivity index (χ3n) is 12.5. The van der Waals surface area contributed by atoms with Crippen LogP contribution in [0.4, 0.5) is 0 Å². The monoisotopic (exact) mass is 863 g/mol. The molecule has 0 bridgehead atoms. The van der Waals surface area contributed by atoms with Crippen LogP contribution < -0.4 is 0 Å². The average Bonchev–Trinajstić information content (AvgIpc) is 3.24. The van der Waals surface area contributed by atoms with Gasteiger partial charge in [-0.25, -0.2) is 0 Å². The molecular weight excluding hydrogens is 757 g/mol. The van der Waals surface area contributed by atoms with Crippen LogP contribution in [0.15, 0.2) is 0 Å². The molecular formula is C55H106O6. The Morgan fingerprint density at radius 3 is 0.803 bits per heavy atom. The highest BCUT2D eigenvalue weighted by Gasteiger charge is 2.19. The molecule has 61 heavy (non-hydrogen) atoms. The van der Waals surface area contributed by atoms with Crippen molar-refractivity contribution in [1.82, 2.24) is 0 Å². The Labute approximate surface area is 380 Å². The second-order valence-corrected chi connectivity index (χ2v) is 19.3. The molecule has 0 saturated heterocycles. The second-order valence-electron chi connectivity index (χ2n) is 19.3. The van der Waals surface area contributed by atoms with Gasteiger partial charge in [0.1, 0.15) is 13.2 Å². The molecule has 0 heterocycles. The molecule has 0 rings (SSSR count). The van der Waals surface area contributed by atoms with Crippen molar-refractivity contribution in [2.45, 2.75) is 316 Å². The zero-order valence-electron chi connectivity index (χ0n) is 41.6. The molecule has 0 aromatic carbocycles. The van der Waals surface area contributed by atoms with E-state index in [9.17, 15) is 14.4 Å². The van der Waals surface area contributed by atoms with Crippen molar-refractivity contribution < 1.29 is 28.6 Å². The van der Waals surface area contributed by atoms with Crippen LogP contribution >= 0.6 is 0 Å². The first-order valence-electron chi connectivity index (χ1n) is 27.4. The van der Waals surface area contributed by atoms with E-state index in [1.807, 2.05) is 0 Å². The summed E-state index contributed by atoms with van der Waals surface area (Å²) >= 11 is 0. The van der Waals surface area contributed by atoms with Crippen molar-refractivity contribution in [2.75, 3.05) is 13.2 Å². The smallest absolute Gasteiger partial charge is 0.306 e. The number of rotatable bonds is 50. The third-order valence-corrected chi connectivity index (χ3v) is 12.5. The number of esters is 3. The van der Waals surface area contributed by atoms with Crippen molar-refractivity contribution in [3.8, 4) is 0 Å². The molecule has 0 spiro atoms. The molecule has 0 unspecified atom stereocenters. The molecule has 0 amide bonds. The van der Waals surface area contributed by atoms with Gasteiger partial charge in [-0.2, -0.15) is 0 Å². The van der Waals surface area contributed by atoms with Crippen molar-refractivity contribution in [3.05, 3.63) is 0 Å². The lowest BCUT2D eigenvalue weighted by molar-refractivity contribution is -0.167. The van der Waals surface area contributed by atoms with Gasteiger partial charge in [0.05, 0.1) is 0 Å². The predicted molar refractivity (Wildman–Crippen MR) is 261 cm³/mol. The summed E-state index contributed by atoms with van der Waals surface area (Å²) in [4.78, 5) is 38.0. The number of hydrogen-bond donors (Lipinski definition) is 0. The van der Waals surface area contributed by atoms with Crippen molar-refractivity contribution in [2.24, 2.45) is 5.92 Å². The molecule has 0 saturated carbocycles. The quantitative estimate of drug-likeness (QED) is 0.0344. The third kappa shape index (κ3) is 49.3. The first-order chi connectivity index (χ1) is 29.9. The molecule has 6 nitrogen and oxygen atoms in total. The molecule has 0 aliphatic heterocycles. The Morgan fingerprint density at radius 1 is 0.311 bits per heavy atom. The fraction of sp³-hybridized carbons (Fsp3) is 0.945. The van der Waals surface area contributed by atoms with E-state index >= 15 is 0 Å². The van der Waals surface area contributed by atoms with Crippen LogP contribution in [0.3, 0.4) is 0 Å². The standard InChI is InChI=1S/C55H106O6/c1-5-7-9-11-13-15-17-19-20-21-22-23-24-26-30-34-38-42-46-53(56)59-49-52(61-55(58)48-44-40-36-32-25-18-16-14-12-10-8-6-2)50-60-54(57)47-43-39-35-31-28-27-29-33-37-41-45-51(3)4/h51-52H,5-50H2,1-4H3/t52-/m0/s1. The van der Waals surface area contributed by atoms with Crippen molar-refractivity contribution in [1.29, 1.82) is 0 Å². The molecule has 0 fully saturated rings. The maximum Gasteiger partial charge on any atom is 0.306 e. The van der Waals surface area contributed by atoms with E-state index in [0.717, 1.165) is 63.7 Å². The lowest BCUT2D eigenvalue weighted by atomic mass is 10.0. The topological polar surface area (TPSA) is 78.9 Å². The van der Waals surface area contributed by atoms with Gasteiger partial charge in [-0.15, -0.1) is 0 Å². The first kappa shape index (κ1) is 59.4. The van der Waals surface area contributed by atoms with E-state index in [1.165, 1.54) is 205 Å². The van der Waals surface area contributed by atoms with Crippen LogP contribution in [0.1, 0.15) is 310 Å². The molecule has 0 aliphatic rings. The molecule has 362 valence electrons. The van der Waals surface area contributed by atoms with Gasteiger partial charge in [-0.05, 0) is 25.2 Å². The largest absolute Gasteiger partial charge is 0.462 e. The fourth-order valence-corrected chi connectivity index (χ4v) is 8.39. The van der Waals surface area contributed by atoms with Gasteiger partial charge >= 0.3 is 17.9 Å². The van der Waals surface area contributed by atoms with Crippen molar-refractivity contribution in [3.63, 3.8) is 0 Å². The van der Waals surface area contributed by atoms with Crippen LogP contribution in [-0.2, 0) is 28.6 Å². The maximum absolute atomic E-state index is 12.8. The van der Waals surface area contributed by atoms with Crippen molar-refractivity contribution >= 4 is 17.9 Å². The predicted octanol–water partition coefficient (Wildman–Crippen LogP) is 17.8. The van der Waals surface area contributed by atoms with E-state index in [-0.39, 0.29) is 31.1 Å². The van der Waals surface area contributed by atoms with E-state index in [4.69, 9.17) is 14.2 Å². The summed E-state index contributed by atoms with van der Waals surface area (Å²) in [6, 6.07) is 0. The SMILES string of the molecule is CCCCCCCCCCCCCCCCCCCCC(=O)OC[C@@H](COC(=O)CCCCCCCCCCCCC(C)C)OC(=O)CCCCCCCCCCCCCC. The lowest BCUT2D eigenvalue weighted by Gasteiger charge is -2.18. The number of carbonyl (C=O) groups is 3. The van der Waals surface area contributed by atoms with Crippen LogP contribution in [0, 0.1) is 5.92 Å². The van der Waals surface area contributed by atoms with Gasteiger partial charge in [0.2, 0.25) is 0 Å². The van der Waals surface area contributed by atoms with E-state index in [2.05, 4.69) is 27.7 Å². The average molecular weight is 863 g/mol. The Morgan fingerprint density at radius 2 is 0.541 bits per heavy atom. The number of hydrogen-bond acceptors (Lipinski definition) is 6. The molecule has 1 atom stereocenters. The summed E-state index contributed by atoms with van der Waals surface area (Å²) in [6.45, 7) is 9.03. The molecule has 6 heteroatoms. The molecule has 0 aliphatic carbocycles. The summed E-state index contributed by atoms with van der Waals surface area (Å²) in [5.74, 6) is -0.0227. The molecule has 0 aromatic heterocycles. The Kier molecular flexibility index (Phi) is 48.1. The van der Waals surface area contributed by atoms with Gasteiger partial charge in [-0.1, -0.05) is 272 Å². The summed E-state index contributed by atoms with van der Waals surface area (Å²) in [5, 5.41) is 0.